The van der Waals surface area contributed by atoms with Crippen LogP contribution in [0.5, 0.6) is 0 Å². The molecule has 0 bridgehead atoms. The molecule has 0 spiro atoms. The molecule has 2 rings (SSSR count). The van der Waals surface area contributed by atoms with E-state index in [1.165, 1.54) is 0 Å². The predicted octanol–water partition coefficient (Wildman–Crippen LogP) is 3.65. The van der Waals surface area contributed by atoms with Crippen LogP contribution in [-0.2, 0) is 6.42 Å². The molecular weight excluding hydrogens is 236 g/mol. The van der Waals surface area contributed by atoms with Gasteiger partial charge < -0.3 is 0 Å². The zero-order valence-electron chi connectivity index (χ0n) is 11.0. The Bertz CT molecular complexity index is 641. The fourth-order valence-electron chi connectivity index (χ4n) is 2.32. The second-order valence-corrected chi connectivity index (χ2v) is 4.55. The van der Waals surface area contributed by atoms with E-state index in [1.54, 1.807) is 0 Å². The minimum atomic E-state index is 0.257. The Labute approximate surface area is 112 Å². The molecule has 0 atom stereocenters. The van der Waals surface area contributed by atoms with Crippen LogP contribution in [0.1, 0.15) is 47.8 Å². The Hall–Kier alpha value is -2.21. The van der Waals surface area contributed by atoms with E-state index in [9.17, 15) is 10.1 Å². The highest BCUT2D eigenvalue weighted by Crippen LogP contribution is 2.24. The van der Waals surface area contributed by atoms with Gasteiger partial charge in [0.15, 0.2) is 6.29 Å². The van der Waals surface area contributed by atoms with E-state index >= 15 is 0 Å². The standard InChI is InChI=1S/C16H16N2O/c1-2-3-4-7-12-13-8-5-6-9-15(13)18-16(11-19)14(12)10-17/h5-6,8-9,11H,2-4,7H2,1H3. The van der Waals surface area contributed by atoms with Gasteiger partial charge in [0.2, 0.25) is 0 Å². The summed E-state index contributed by atoms with van der Waals surface area (Å²) in [4.78, 5) is 15.4. The molecule has 1 aromatic carbocycles. The number of fused-ring (bicyclic) bond motifs is 1. The molecule has 0 amide bonds. The lowest BCUT2D eigenvalue weighted by molar-refractivity contribution is 0.111. The number of nitrogens with zero attached hydrogens (tertiary/aromatic N) is 2. The largest absolute Gasteiger partial charge is 0.296 e. The van der Waals surface area contributed by atoms with Gasteiger partial charge in [0.25, 0.3) is 0 Å². The Balaban J connectivity index is 2.61. The van der Waals surface area contributed by atoms with Crippen molar-refractivity contribution in [2.45, 2.75) is 32.6 Å². The summed E-state index contributed by atoms with van der Waals surface area (Å²) in [7, 11) is 0. The molecular formula is C16H16N2O. The SMILES string of the molecule is CCCCCc1c(C#N)c(C=O)nc2ccccc12. The first-order valence-corrected chi connectivity index (χ1v) is 6.58. The van der Waals surface area contributed by atoms with Crippen LogP contribution in [0.4, 0.5) is 0 Å². The van der Waals surface area contributed by atoms with E-state index in [-0.39, 0.29) is 5.69 Å². The number of rotatable bonds is 5. The number of benzene rings is 1. The van der Waals surface area contributed by atoms with Crippen LogP contribution in [-0.4, -0.2) is 11.3 Å². The van der Waals surface area contributed by atoms with Crippen molar-refractivity contribution in [1.29, 1.82) is 5.26 Å². The number of aryl methyl sites for hydroxylation is 1. The maximum atomic E-state index is 11.1. The summed E-state index contributed by atoms with van der Waals surface area (Å²) in [6, 6.07) is 9.83. The average Bonchev–Trinajstić information content (AvgIpc) is 2.46. The molecule has 3 heteroatoms. The lowest BCUT2D eigenvalue weighted by atomic mass is 9.96. The van der Waals surface area contributed by atoms with Gasteiger partial charge in [-0.15, -0.1) is 0 Å². The summed E-state index contributed by atoms with van der Waals surface area (Å²) >= 11 is 0. The van der Waals surface area contributed by atoms with Crippen molar-refractivity contribution >= 4 is 17.2 Å². The Morgan fingerprint density at radius 1 is 1.32 bits per heavy atom. The second-order valence-electron chi connectivity index (χ2n) is 4.55. The van der Waals surface area contributed by atoms with Crippen molar-refractivity contribution in [3.63, 3.8) is 0 Å². The van der Waals surface area contributed by atoms with Crippen molar-refractivity contribution in [2.75, 3.05) is 0 Å². The Kier molecular flexibility index (Phi) is 4.25. The number of nitriles is 1. The first-order chi connectivity index (χ1) is 9.31. The highest BCUT2D eigenvalue weighted by molar-refractivity contribution is 5.90. The predicted molar refractivity (Wildman–Crippen MR) is 75.1 cm³/mol. The van der Waals surface area contributed by atoms with Crippen LogP contribution in [0.15, 0.2) is 24.3 Å². The van der Waals surface area contributed by atoms with Crippen LogP contribution >= 0.6 is 0 Å². The third kappa shape index (κ3) is 2.63. The number of para-hydroxylation sites is 1. The number of carbonyl (C=O) groups excluding carboxylic acids is 1. The maximum absolute atomic E-state index is 11.1. The monoisotopic (exact) mass is 252 g/mol. The first kappa shape index (κ1) is 13.2. The van der Waals surface area contributed by atoms with Gasteiger partial charge >= 0.3 is 0 Å². The fourth-order valence-corrected chi connectivity index (χ4v) is 2.32. The molecule has 2 aromatic rings. The summed E-state index contributed by atoms with van der Waals surface area (Å²) in [5.41, 5.74) is 2.44. The highest BCUT2D eigenvalue weighted by Gasteiger charge is 2.13. The molecule has 0 saturated carbocycles. The van der Waals surface area contributed by atoms with Gasteiger partial charge in [-0.25, -0.2) is 4.98 Å². The fraction of sp³-hybridized carbons (Fsp3) is 0.312. The molecule has 0 aliphatic heterocycles. The number of pyridine rings is 1. The molecule has 19 heavy (non-hydrogen) atoms. The lowest BCUT2D eigenvalue weighted by Gasteiger charge is -2.10. The average molecular weight is 252 g/mol. The van der Waals surface area contributed by atoms with Crippen molar-refractivity contribution in [3.8, 4) is 6.07 Å². The van der Waals surface area contributed by atoms with Gasteiger partial charge in [0.05, 0.1) is 11.1 Å². The minimum absolute atomic E-state index is 0.257. The van der Waals surface area contributed by atoms with Gasteiger partial charge in [-0.05, 0) is 24.5 Å². The third-order valence-corrected chi connectivity index (χ3v) is 3.28. The zero-order chi connectivity index (χ0) is 13.7. The summed E-state index contributed by atoms with van der Waals surface area (Å²) in [6.07, 6.45) is 4.77. The zero-order valence-corrected chi connectivity index (χ0v) is 11.0. The quantitative estimate of drug-likeness (QED) is 0.603. The van der Waals surface area contributed by atoms with Gasteiger partial charge in [0, 0.05) is 5.39 Å². The van der Waals surface area contributed by atoms with E-state index in [0.717, 1.165) is 42.1 Å². The highest BCUT2D eigenvalue weighted by atomic mass is 16.1. The third-order valence-electron chi connectivity index (χ3n) is 3.28. The van der Waals surface area contributed by atoms with Crippen LogP contribution in [0, 0.1) is 11.3 Å². The van der Waals surface area contributed by atoms with E-state index in [0.29, 0.717) is 11.8 Å². The molecule has 0 aliphatic rings. The summed E-state index contributed by atoms with van der Waals surface area (Å²) in [5, 5.41) is 10.3. The molecule has 1 heterocycles. The maximum Gasteiger partial charge on any atom is 0.169 e. The van der Waals surface area contributed by atoms with Crippen molar-refractivity contribution < 1.29 is 4.79 Å². The molecule has 0 saturated heterocycles. The normalized spacial score (nSPS) is 10.3. The van der Waals surface area contributed by atoms with Crippen LogP contribution in [0.2, 0.25) is 0 Å². The lowest BCUT2D eigenvalue weighted by Crippen LogP contribution is -2.01. The van der Waals surface area contributed by atoms with E-state index < -0.39 is 0 Å². The van der Waals surface area contributed by atoms with Crippen molar-refractivity contribution in [3.05, 3.63) is 41.1 Å². The number of aldehydes is 1. The van der Waals surface area contributed by atoms with E-state index in [2.05, 4.69) is 18.0 Å². The number of aromatic nitrogens is 1. The van der Waals surface area contributed by atoms with Gasteiger partial charge in [0.1, 0.15) is 11.8 Å². The summed E-state index contributed by atoms with van der Waals surface area (Å²) < 4.78 is 0. The van der Waals surface area contributed by atoms with Crippen LogP contribution in [0.3, 0.4) is 0 Å². The van der Waals surface area contributed by atoms with Gasteiger partial charge in [-0.3, -0.25) is 4.79 Å². The van der Waals surface area contributed by atoms with E-state index in [4.69, 9.17) is 0 Å². The number of unbranched alkanes of at least 4 members (excludes halogenated alkanes) is 2. The molecule has 1 aromatic heterocycles. The van der Waals surface area contributed by atoms with Crippen molar-refractivity contribution in [2.24, 2.45) is 0 Å². The van der Waals surface area contributed by atoms with Crippen LogP contribution < -0.4 is 0 Å². The molecule has 0 N–H and O–H groups in total. The molecule has 0 unspecified atom stereocenters. The Morgan fingerprint density at radius 3 is 2.79 bits per heavy atom. The second kappa shape index (κ2) is 6.10. The summed E-state index contributed by atoms with van der Waals surface area (Å²) in [6.45, 7) is 2.15. The minimum Gasteiger partial charge on any atom is -0.296 e. The molecule has 0 radical (unpaired) electrons. The van der Waals surface area contributed by atoms with Gasteiger partial charge in [-0.1, -0.05) is 38.0 Å². The molecule has 3 nitrogen and oxygen atoms in total. The Morgan fingerprint density at radius 2 is 2.11 bits per heavy atom. The smallest absolute Gasteiger partial charge is 0.169 e. The topological polar surface area (TPSA) is 53.8 Å². The van der Waals surface area contributed by atoms with Crippen molar-refractivity contribution in [1.82, 2.24) is 4.98 Å². The van der Waals surface area contributed by atoms with Crippen LogP contribution in [0.25, 0.3) is 10.9 Å². The number of hydrogen-bond acceptors (Lipinski definition) is 3. The van der Waals surface area contributed by atoms with Gasteiger partial charge in [-0.2, -0.15) is 5.26 Å². The first-order valence-electron chi connectivity index (χ1n) is 6.58. The molecule has 0 fully saturated rings. The molecule has 0 aliphatic carbocycles. The number of carbonyl (C=O) groups is 1. The molecule has 96 valence electrons. The summed E-state index contributed by atoms with van der Waals surface area (Å²) in [5.74, 6) is 0. The van der Waals surface area contributed by atoms with E-state index in [1.807, 2.05) is 24.3 Å². The number of hydrogen-bond donors (Lipinski definition) is 0.